The number of hydrogen-bond acceptors (Lipinski definition) is 3. The molecule has 4 aromatic rings. The Morgan fingerprint density at radius 2 is 1.75 bits per heavy atom. The number of aryl methyl sites for hydroxylation is 1. The summed E-state index contributed by atoms with van der Waals surface area (Å²) < 4.78 is 1.95. The summed E-state index contributed by atoms with van der Waals surface area (Å²) in [4.78, 5) is 45.6. The topological polar surface area (TPSA) is 99.2 Å². The van der Waals surface area contributed by atoms with Gasteiger partial charge in [0.05, 0.1) is 6.04 Å². The number of nitrogens with one attached hydrogen (secondary N) is 3. The van der Waals surface area contributed by atoms with E-state index in [1.807, 2.05) is 91.9 Å². The van der Waals surface area contributed by atoms with E-state index in [1.165, 1.54) is 0 Å². The fourth-order valence-corrected chi connectivity index (χ4v) is 6.45. The van der Waals surface area contributed by atoms with Gasteiger partial charge in [0.2, 0.25) is 5.91 Å². The number of carbonyl (C=O) groups excluding carboxylic acids is 3. The van der Waals surface area contributed by atoms with E-state index in [9.17, 15) is 14.4 Å². The van der Waals surface area contributed by atoms with Crippen LogP contribution < -0.4 is 10.6 Å². The second kappa shape index (κ2) is 9.25. The highest BCUT2D eigenvalue weighted by Crippen LogP contribution is 2.60. The molecule has 1 saturated carbocycles. The SMILES string of the molecule is Cn1c(C(=O)N2CC3(C)CC3C2CNC(=O)C(NC(=O)c2cc3ccccc3[nH]2)C(C)(C)C)cc2ccccc21. The largest absolute Gasteiger partial charge is 0.352 e. The van der Waals surface area contributed by atoms with Gasteiger partial charge in [-0.2, -0.15) is 0 Å². The van der Waals surface area contributed by atoms with Gasteiger partial charge < -0.3 is 25.1 Å². The Kier molecular flexibility index (Phi) is 6.05. The number of hydrogen-bond donors (Lipinski definition) is 3. The predicted octanol–water partition coefficient (Wildman–Crippen LogP) is 4.47. The maximum Gasteiger partial charge on any atom is 0.270 e. The van der Waals surface area contributed by atoms with E-state index in [0.717, 1.165) is 28.2 Å². The summed E-state index contributed by atoms with van der Waals surface area (Å²) in [5, 5.41) is 8.03. The van der Waals surface area contributed by atoms with Crippen molar-refractivity contribution in [1.82, 2.24) is 25.1 Å². The minimum absolute atomic E-state index is 0.00846. The number of rotatable bonds is 6. The lowest BCUT2D eigenvalue weighted by Crippen LogP contribution is -2.55. The van der Waals surface area contributed by atoms with Gasteiger partial charge in [0.15, 0.2) is 0 Å². The Hall–Kier alpha value is -4.07. The first-order chi connectivity index (χ1) is 19.0. The van der Waals surface area contributed by atoms with Crippen molar-refractivity contribution in [2.75, 3.05) is 13.1 Å². The van der Waals surface area contributed by atoms with E-state index < -0.39 is 11.5 Å². The van der Waals surface area contributed by atoms with Crippen LogP contribution in [0.2, 0.25) is 0 Å². The van der Waals surface area contributed by atoms with Crippen LogP contribution in [0.15, 0.2) is 60.7 Å². The van der Waals surface area contributed by atoms with Crippen LogP contribution in [0, 0.1) is 16.7 Å². The van der Waals surface area contributed by atoms with Crippen LogP contribution in [0.4, 0.5) is 0 Å². The van der Waals surface area contributed by atoms with Gasteiger partial charge in [-0.05, 0) is 47.4 Å². The molecule has 0 spiro atoms. The third kappa shape index (κ3) is 4.45. The molecule has 4 atom stereocenters. The summed E-state index contributed by atoms with van der Waals surface area (Å²) in [6.45, 7) is 9.06. The lowest BCUT2D eigenvalue weighted by molar-refractivity contribution is -0.125. The van der Waals surface area contributed by atoms with Crippen LogP contribution >= 0.6 is 0 Å². The van der Waals surface area contributed by atoms with E-state index in [2.05, 4.69) is 22.5 Å². The fraction of sp³-hybridized carbons (Fsp3) is 0.406. The van der Waals surface area contributed by atoms with Gasteiger partial charge in [0, 0.05) is 41.9 Å². The highest BCUT2D eigenvalue weighted by Gasteiger charge is 2.62. The molecular weight excluding hydrogens is 502 g/mol. The number of H-pyrrole nitrogens is 1. The molecule has 8 nitrogen and oxygen atoms in total. The number of piperidine rings is 1. The normalized spacial score (nSPS) is 22.8. The van der Waals surface area contributed by atoms with Crippen molar-refractivity contribution in [3.63, 3.8) is 0 Å². The average Bonchev–Trinajstić information content (AvgIpc) is 3.22. The third-order valence-corrected chi connectivity index (χ3v) is 8.91. The second-order valence-electron chi connectivity index (χ2n) is 12.9. The molecule has 8 heteroatoms. The van der Waals surface area contributed by atoms with Crippen LogP contribution in [-0.4, -0.2) is 57.3 Å². The minimum Gasteiger partial charge on any atom is -0.352 e. The molecule has 2 aromatic heterocycles. The number of para-hydroxylation sites is 2. The molecule has 2 fully saturated rings. The lowest BCUT2D eigenvalue weighted by atomic mass is 9.86. The van der Waals surface area contributed by atoms with Gasteiger partial charge >= 0.3 is 0 Å². The summed E-state index contributed by atoms with van der Waals surface area (Å²) in [5.41, 5.74) is 2.52. The highest BCUT2D eigenvalue weighted by molar-refractivity contribution is 6.01. The predicted molar refractivity (Wildman–Crippen MR) is 156 cm³/mol. The van der Waals surface area contributed by atoms with Crippen molar-refractivity contribution in [2.24, 2.45) is 23.8 Å². The highest BCUT2D eigenvalue weighted by atomic mass is 16.2. The Morgan fingerprint density at radius 1 is 1.05 bits per heavy atom. The molecule has 1 aliphatic heterocycles. The lowest BCUT2D eigenvalue weighted by Gasteiger charge is -2.32. The summed E-state index contributed by atoms with van der Waals surface area (Å²) >= 11 is 0. The number of nitrogens with zero attached hydrogens (tertiary/aromatic N) is 2. The smallest absolute Gasteiger partial charge is 0.270 e. The van der Waals surface area contributed by atoms with Crippen molar-refractivity contribution in [1.29, 1.82) is 0 Å². The Bertz CT molecular complexity index is 1610. The number of likely N-dealkylation sites (tertiary alicyclic amines) is 1. The first-order valence-corrected chi connectivity index (χ1v) is 14.0. The van der Waals surface area contributed by atoms with Crippen molar-refractivity contribution < 1.29 is 14.4 Å². The summed E-state index contributed by atoms with van der Waals surface area (Å²) in [6, 6.07) is 18.6. The van der Waals surface area contributed by atoms with E-state index in [4.69, 9.17) is 0 Å². The molecule has 208 valence electrons. The Morgan fingerprint density at radius 3 is 2.45 bits per heavy atom. The second-order valence-corrected chi connectivity index (χ2v) is 12.9. The maximum absolute atomic E-state index is 13.8. The third-order valence-electron chi connectivity index (χ3n) is 8.91. The van der Waals surface area contributed by atoms with Gasteiger partial charge in [0.25, 0.3) is 11.8 Å². The van der Waals surface area contributed by atoms with Crippen LogP contribution in [0.3, 0.4) is 0 Å². The van der Waals surface area contributed by atoms with Crippen molar-refractivity contribution in [3.05, 3.63) is 72.1 Å². The van der Waals surface area contributed by atoms with E-state index >= 15 is 0 Å². The number of carbonyl (C=O) groups is 3. The number of aromatic amines is 1. The number of fused-ring (bicyclic) bond motifs is 3. The van der Waals surface area contributed by atoms with Crippen molar-refractivity contribution >= 4 is 39.5 Å². The number of benzene rings is 2. The Balaban J connectivity index is 1.18. The standard InChI is InChI=1S/C32H37N5O3/c1-31(2,3)27(35-28(38)23-14-19-10-6-8-12-22(19)34-23)29(39)33-17-26-21-16-32(21,4)18-37(26)30(40)25-15-20-11-7-9-13-24(20)36(25)5/h6-15,21,26-27,34H,16-18H2,1-5H3,(H,33,39)(H,35,38). The monoisotopic (exact) mass is 539 g/mol. The molecule has 2 aliphatic rings. The molecule has 0 radical (unpaired) electrons. The summed E-state index contributed by atoms with van der Waals surface area (Å²) in [6.07, 6.45) is 1.05. The molecule has 6 rings (SSSR count). The minimum atomic E-state index is -0.749. The summed E-state index contributed by atoms with van der Waals surface area (Å²) in [5.74, 6) is -0.232. The van der Waals surface area contributed by atoms with Crippen LogP contribution in [0.1, 0.15) is 55.1 Å². The molecule has 0 bridgehead atoms. The van der Waals surface area contributed by atoms with E-state index in [0.29, 0.717) is 30.4 Å². The van der Waals surface area contributed by atoms with Crippen LogP contribution in [-0.2, 0) is 11.8 Å². The zero-order valence-electron chi connectivity index (χ0n) is 23.7. The van der Waals surface area contributed by atoms with Gasteiger partial charge in [-0.25, -0.2) is 0 Å². The fourth-order valence-electron chi connectivity index (χ4n) is 6.45. The van der Waals surface area contributed by atoms with Crippen LogP contribution in [0.25, 0.3) is 21.8 Å². The van der Waals surface area contributed by atoms with E-state index in [1.54, 1.807) is 6.07 Å². The van der Waals surface area contributed by atoms with E-state index in [-0.39, 0.29) is 29.2 Å². The molecular formula is C32H37N5O3. The van der Waals surface area contributed by atoms with Gasteiger partial charge in [-0.1, -0.05) is 64.1 Å². The Labute approximate surface area is 234 Å². The average molecular weight is 540 g/mol. The number of amides is 3. The molecule has 40 heavy (non-hydrogen) atoms. The molecule has 2 aromatic carbocycles. The molecule has 1 aliphatic carbocycles. The molecule has 3 heterocycles. The van der Waals surface area contributed by atoms with Crippen molar-refractivity contribution in [2.45, 2.75) is 46.2 Å². The van der Waals surface area contributed by atoms with Crippen LogP contribution in [0.5, 0.6) is 0 Å². The quantitative estimate of drug-likeness (QED) is 0.337. The number of aromatic nitrogens is 2. The van der Waals surface area contributed by atoms with Crippen molar-refractivity contribution in [3.8, 4) is 0 Å². The summed E-state index contributed by atoms with van der Waals surface area (Å²) in [7, 11) is 1.93. The first kappa shape index (κ1) is 26.2. The molecule has 3 amide bonds. The van der Waals surface area contributed by atoms with Gasteiger partial charge in [-0.3, -0.25) is 14.4 Å². The maximum atomic E-state index is 13.8. The molecule has 3 N–H and O–H groups in total. The zero-order valence-corrected chi connectivity index (χ0v) is 23.7. The first-order valence-electron chi connectivity index (χ1n) is 14.0. The molecule has 4 unspecified atom stereocenters. The van der Waals surface area contributed by atoms with Gasteiger partial charge in [-0.15, -0.1) is 0 Å². The zero-order chi connectivity index (χ0) is 28.4. The van der Waals surface area contributed by atoms with Gasteiger partial charge in [0.1, 0.15) is 17.4 Å². The molecule has 1 saturated heterocycles.